The van der Waals surface area contributed by atoms with E-state index in [0.29, 0.717) is 24.7 Å². The second kappa shape index (κ2) is 5.09. The third-order valence-corrected chi connectivity index (χ3v) is 1.18. The molecule has 0 radical (unpaired) electrons. The van der Waals surface area contributed by atoms with E-state index in [1.807, 2.05) is 6.92 Å². The van der Waals surface area contributed by atoms with Crippen molar-refractivity contribution in [3.05, 3.63) is 11.7 Å². The number of aryl methyl sites for hydroxylation is 1. The molecule has 0 saturated heterocycles. The summed E-state index contributed by atoms with van der Waals surface area (Å²) in [5.41, 5.74) is 5.29. The summed E-state index contributed by atoms with van der Waals surface area (Å²) < 4.78 is 4.85. The maximum absolute atomic E-state index is 5.29. The molecule has 0 aromatic carbocycles. The lowest BCUT2D eigenvalue weighted by Crippen LogP contribution is -2.03. The normalized spacial score (nSPS) is 9.27. The minimum absolute atomic E-state index is 0. The summed E-state index contributed by atoms with van der Waals surface area (Å²) in [4.78, 5) is 4.06. The Kier molecular flexibility index (Phi) is 4.81. The molecule has 0 atom stereocenters. The van der Waals surface area contributed by atoms with Crippen LogP contribution in [0.5, 0.6) is 0 Å². The Morgan fingerprint density at radius 2 is 2.27 bits per heavy atom. The number of hydrogen-bond acceptors (Lipinski definition) is 4. The first-order chi connectivity index (χ1) is 4.86. The molecule has 0 fully saturated rings. The van der Waals surface area contributed by atoms with Crippen LogP contribution in [0.4, 0.5) is 0 Å². The van der Waals surface area contributed by atoms with Crippen molar-refractivity contribution >= 4 is 12.4 Å². The third kappa shape index (κ3) is 2.86. The SMILES string of the molecule is CCc1nc(CCN)no1.Cl. The van der Waals surface area contributed by atoms with Crippen molar-refractivity contribution in [2.24, 2.45) is 5.73 Å². The quantitative estimate of drug-likeness (QED) is 0.733. The van der Waals surface area contributed by atoms with E-state index in [4.69, 9.17) is 10.3 Å². The molecule has 0 amide bonds. The van der Waals surface area contributed by atoms with Gasteiger partial charge in [0.2, 0.25) is 5.89 Å². The predicted octanol–water partition coefficient (Wildman–Crippen LogP) is 0.555. The van der Waals surface area contributed by atoms with E-state index in [9.17, 15) is 0 Å². The number of rotatable bonds is 3. The minimum Gasteiger partial charge on any atom is -0.339 e. The van der Waals surface area contributed by atoms with Gasteiger partial charge in [0.25, 0.3) is 0 Å². The fourth-order valence-corrected chi connectivity index (χ4v) is 0.664. The van der Waals surface area contributed by atoms with Gasteiger partial charge in [0.1, 0.15) is 0 Å². The lowest BCUT2D eigenvalue weighted by atomic mass is 10.4. The number of hydrogen-bond donors (Lipinski definition) is 1. The van der Waals surface area contributed by atoms with Crippen molar-refractivity contribution in [2.45, 2.75) is 19.8 Å². The highest BCUT2D eigenvalue weighted by atomic mass is 35.5. The Morgan fingerprint density at radius 1 is 1.55 bits per heavy atom. The highest BCUT2D eigenvalue weighted by Gasteiger charge is 2.01. The lowest BCUT2D eigenvalue weighted by Gasteiger charge is -1.82. The summed E-state index contributed by atoms with van der Waals surface area (Å²) in [6.07, 6.45) is 1.49. The first-order valence-electron chi connectivity index (χ1n) is 3.38. The van der Waals surface area contributed by atoms with Crippen LogP contribution in [0.15, 0.2) is 4.52 Å². The Bertz CT molecular complexity index is 201. The molecule has 11 heavy (non-hydrogen) atoms. The standard InChI is InChI=1S/C6H11N3O.ClH/c1-2-6-8-5(3-4-7)9-10-6;/h2-4,7H2,1H3;1H. The van der Waals surface area contributed by atoms with Crippen LogP contribution in [0.1, 0.15) is 18.6 Å². The molecule has 1 rings (SSSR count). The molecule has 0 aliphatic heterocycles. The van der Waals surface area contributed by atoms with E-state index in [1.165, 1.54) is 0 Å². The summed E-state index contributed by atoms with van der Waals surface area (Å²) in [5, 5.41) is 3.71. The topological polar surface area (TPSA) is 64.9 Å². The number of aromatic nitrogens is 2. The molecular weight excluding hydrogens is 166 g/mol. The van der Waals surface area contributed by atoms with Gasteiger partial charge in [-0.3, -0.25) is 0 Å². The van der Waals surface area contributed by atoms with Crippen LogP contribution in [-0.2, 0) is 12.8 Å². The zero-order valence-electron chi connectivity index (χ0n) is 6.41. The second-order valence-electron chi connectivity index (χ2n) is 2.00. The second-order valence-corrected chi connectivity index (χ2v) is 2.00. The zero-order chi connectivity index (χ0) is 7.40. The van der Waals surface area contributed by atoms with E-state index in [2.05, 4.69) is 10.1 Å². The summed E-state index contributed by atoms with van der Waals surface area (Å²) in [6.45, 7) is 2.54. The van der Waals surface area contributed by atoms with E-state index < -0.39 is 0 Å². The van der Waals surface area contributed by atoms with Crippen LogP contribution in [0.2, 0.25) is 0 Å². The highest BCUT2D eigenvalue weighted by molar-refractivity contribution is 5.85. The largest absolute Gasteiger partial charge is 0.339 e. The van der Waals surface area contributed by atoms with Gasteiger partial charge in [-0.25, -0.2) is 0 Å². The molecule has 1 heterocycles. The smallest absolute Gasteiger partial charge is 0.226 e. The lowest BCUT2D eigenvalue weighted by molar-refractivity contribution is 0.376. The molecule has 2 N–H and O–H groups in total. The Balaban J connectivity index is 0.000001000. The molecule has 1 aromatic rings. The molecule has 5 heteroatoms. The summed E-state index contributed by atoms with van der Waals surface area (Å²) in [7, 11) is 0. The van der Waals surface area contributed by atoms with Crippen LogP contribution in [0, 0.1) is 0 Å². The van der Waals surface area contributed by atoms with Gasteiger partial charge in [-0.1, -0.05) is 12.1 Å². The van der Waals surface area contributed by atoms with Gasteiger partial charge in [0, 0.05) is 12.8 Å². The summed E-state index contributed by atoms with van der Waals surface area (Å²) in [6, 6.07) is 0. The number of nitrogens with zero attached hydrogens (tertiary/aromatic N) is 2. The Hall–Kier alpha value is -0.610. The summed E-state index contributed by atoms with van der Waals surface area (Å²) in [5.74, 6) is 1.39. The van der Waals surface area contributed by atoms with Crippen molar-refractivity contribution in [2.75, 3.05) is 6.54 Å². The van der Waals surface area contributed by atoms with Crippen molar-refractivity contribution < 1.29 is 4.52 Å². The van der Waals surface area contributed by atoms with E-state index in [1.54, 1.807) is 0 Å². The van der Waals surface area contributed by atoms with Gasteiger partial charge in [0.05, 0.1) is 0 Å². The number of nitrogens with two attached hydrogens (primary N) is 1. The van der Waals surface area contributed by atoms with Gasteiger partial charge < -0.3 is 10.3 Å². The number of halogens is 1. The average molecular weight is 178 g/mol. The molecule has 0 spiro atoms. The maximum Gasteiger partial charge on any atom is 0.226 e. The van der Waals surface area contributed by atoms with Crippen LogP contribution in [0.25, 0.3) is 0 Å². The maximum atomic E-state index is 5.29. The third-order valence-electron chi connectivity index (χ3n) is 1.18. The van der Waals surface area contributed by atoms with Crippen LogP contribution >= 0.6 is 12.4 Å². The minimum atomic E-state index is 0. The fraction of sp³-hybridized carbons (Fsp3) is 0.667. The fourth-order valence-electron chi connectivity index (χ4n) is 0.664. The van der Waals surface area contributed by atoms with Crippen molar-refractivity contribution in [3.63, 3.8) is 0 Å². The molecule has 0 aliphatic rings. The van der Waals surface area contributed by atoms with Crippen LogP contribution in [-0.4, -0.2) is 16.7 Å². The van der Waals surface area contributed by atoms with Crippen LogP contribution < -0.4 is 5.73 Å². The molecule has 64 valence electrons. The van der Waals surface area contributed by atoms with Crippen molar-refractivity contribution in [1.29, 1.82) is 0 Å². The first-order valence-corrected chi connectivity index (χ1v) is 3.38. The monoisotopic (exact) mass is 177 g/mol. The molecule has 4 nitrogen and oxygen atoms in total. The van der Waals surface area contributed by atoms with Crippen molar-refractivity contribution in [1.82, 2.24) is 10.1 Å². The zero-order valence-corrected chi connectivity index (χ0v) is 7.23. The molecular formula is C6H12ClN3O. The van der Waals surface area contributed by atoms with Crippen LogP contribution in [0.3, 0.4) is 0 Å². The predicted molar refractivity (Wildman–Crippen MR) is 43.7 cm³/mol. The van der Waals surface area contributed by atoms with Gasteiger partial charge in [-0.2, -0.15) is 4.98 Å². The Labute approximate surface area is 71.6 Å². The summed E-state index contributed by atoms with van der Waals surface area (Å²) >= 11 is 0. The van der Waals surface area contributed by atoms with Gasteiger partial charge in [-0.05, 0) is 6.54 Å². The van der Waals surface area contributed by atoms with E-state index >= 15 is 0 Å². The Morgan fingerprint density at radius 3 is 2.73 bits per heavy atom. The molecule has 0 saturated carbocycles. The van der Waals surface area contributed by atoms with Crippen molar-refractivity contribution in [3.8, 4) is 0 Å². The molecule has 0 aliphatic carbocycles. The average Bonchev–Trinajstić information content (AvgIpc) is 2.37. The molecule has 0 unspecified atom stereocenters. The van der Waals surface area contributed by atoms with Gasteiger partial charge >= 0.3 is 0 Å². The van der Waals surface area contributed by atoms with E-state index in [0.717, 1.165) is 6.42 Å². The molecule has 1 aromatic heterocycles. The highest BCUT2D eigenvalue weighted by Crippen LogP contribution is 1.96. The van der Waals surface area contributed by atoms with Gasteiger partial charge in [0.15, 0.2) is 5.82 Å². The van der Waals surface area contributed by atoms with E-state index in [-0.39, 0.29) is 12.4 Å². The van der Waals surface area contributed by atoms with Gasteiger partial charge in [-0.15, -0.1) is 12.4 Å². The first kappa shape index (κ1) is 10.4. The molecule has 0 bridgehead atoms.